The number of hydrogen-bond donors (Lipinski definition) is 1. The van der Waals surface area contributed by atoms with E-state index < -0.39 is 42.2 Å². The van der Waals surface area contributed by atoms with E-state index in [9.17, 15) is 19.5 Å². The van der Waals surface area contributed by atoms with Crippen molar-refractivity contribution in [3.63, 3.8) is 0 Å². The molecule has 1 spiro atoms. The zero-order chi connectivity index (χ0) is 28.0. The standard InChI is InChI=1S/C31H32ClN3O5/c1-2-16-33-17-6-10-24-25(28(33)37)26-29(38)35(23(19-36)20-8-4-3-5-9-20)27-30(39)34(18-7-15-31(26,27)40-24)22-13-11-21(32)12-14-22/h3-15,23-27,36H,2,16-19H2,1H3/t23-,24+,25-,26+,27?,31+/m1/s1. The number of likely N-dealkylation sites (tertiary alicyclic amines) is 1. The van der Waals surface area contributed by atoms with E-state index in [4.69, 9.17) is 16.3 Å². The fourth-order valence-electron chi connectivity index (χ4n) is 6.82. The molecule has 8 nitrogen and oxygen atoms in total. The van der Waals surface area contributed by atoms with Gasteiger partial charge in [-0.1, -0.05) is 73.2 Å². The van der Waals surface area contributed by atoms with Crippen molar-refractivity contribution in [2.75, 3.05) is 31.1 Å². The highest BCUT2D eigenvalue weighted by molar-refractivity contribution is 6.30. The number of amides is 3. The van der Waals surface area contributed by atoms with Gasteiger partial charge in [-0.05, 0) is 36.2 Å². The lowest BCUT2D eigenvalue weighted by molar-refractivity contribution is -0.147. The minimum atomic E-state index is -1.37. The van der Waals surface area contributed by atoms with Crippen molar-refractivity contribution >= 4 is 35.0 Å². The van der Waals surface area contributed by atoms with Crippen molar-refractivity contribution < 1.29 is 24.2 Å². The van der Waals surface area contributed by atoms with Crippen LogP contribution in [0.3, 0.4) is 0 Å². The van der Waals surface area contributed by atoms with Crippen LogP contribution in [0.5, 0.6) is 0 Å². The third-order valence-corrected chi connectivity index (χ3v) is 8.76. The summed E-state index contributed by atoms with van der Waals surface area (Å²) in [6.07, 6.45) is 7.57. The first-order valence-electron chi connectivity index (χ1n) is 13.8. The Morgan fingerprint density at radius 1 is 1.00 bits per heavy atom. The van der Waals surface area contributed by atoms with Gasteiger partial charge in [-0.2, -0.15) is 0 Å². The van der Waals surface area contributed by atoms with Crippen LogP contribution < -0.4 is 4.90 Å². The molecule has 4 aliphatic heterocycles. The van der Waals surface area contributed by atoms with Gasteiger partial charge >= 0.3 is 0 Å². The molecule has 0 aromatic heterocycles. The van der Waals surface area contributed by atoms with Gasteiger partial charge in [-0.15, -0.1) is 0 Å². The Balaban J connectivity index is 1.50. The summed E-state index contributed by atoms with van der Waals surface area (Å²) < 4.78 is 6.71. The second kappa shape index (κ2) is 10.5. The molecule has 0 saturated carbocycles. The van der Waals surface area contributed by atoms with E-state index >= 15 is 0 Å². The van der Waals surface area contributed by atoms with Crippen LogP contribution in [0.25, 0.3) is 0 Å². The van der Waals surface area contributed by atoms with Crippen molar-refractivity contribution in [2.24, 2.45) is 11.8 Å². The molecule has 1 N–H and O–H groups in total. The molecule has 0 radical (unpaired) electrons. The number of benzene rings is 2. The highest BCUT2D eigenvalue weighted by atomic mass is 35.5. The summed E-state index contributed by atoms with van der Waals surface area (Å²) in [5, 5.41) is 11.2. The van der Waals surface area contributed by atoms with E-state index in [0.717, 1.165) is 6.42 Å². The molecule has 9 heteroatoms. The van der Waals surface area contributed by atoms with Gasteiger partial charge in [0.1, 0.15) is 11.6 Å². The summed E-state index contributed by atoms with van der Waals surface area (Å²) in [5.74, 6) is -2.54. The first-order chi connectivity index (χ1) is 19.4. The van der Waals surface area contributed by atoms with E-state index in [1.807, 2.05) is 61.6 Å². The molecule has 2 aromatic carbocycles. The van der Waals surface area contributed by atoms with E-state index in [-0.39, 0.29) is 24.3 Å². The molecule has 208 valence electrons. The van der Waals surface area contributed by atoms with Crippen molar-refractivity contribution in [1.29, 1.82) is 0 Å². The van der Waals surface area contributed by atoms with Crippen LogP contribution in [0.15, 0.2) is 78.9 Å². The number of anilines is 1. The maximum Gasteiger partial charge on any atom is 0.253 e. The number of aliphatic hydroxyl groups is 1. The fourth-order valence-corrected chi connectivity index (χ4v) is 6.94. The summed E-state index contributed by atoms with van der Waals surface area (Å²) in [6.45, 7) is 2.89. The lowest BCUT2D eigenvalue weighted by Gasteiger charge is -2.38. The van der Waals surface area contributed by atoms with E-state index in [1.54, 1.807) is 34.1 Å². The van der Waals surface area contributed by atoms with Crippen molar-refractivity contribution in [1.82, 2.24) is 9.80 Å². The zero-order valence-corrected chi connectivity index (χ0v) is 23.0. The molecule has 6 rings (SSSR count). The number of ether oxygens (including phenoxy) is 1. The number of carbonyl (C=O) groups is 3. The van der Waals surface area contributed by atoms with E-state index in [1.165, 1.54) is 4.90 Å². The van der Waals surface area contributed by atoms with Crippen LogP contribution in [0, 0.1) is 11.8 Å². The quantitative estimate of drug-likeness (QED) is 0.546. The average molecular weight is 562 g/mol. The Bertz CT molecular complexity index is 1360. The maximum absolute atomic E-state index is 14.6. The topological polar surface area (TPSA) is 90.4 Å². The van der Waals surface area contributed by atoms with Gasteiger partial charge in [0.05, 0.1) is 30.6 Å². The minimum absolute atomic E-state index is 0.146. The highest BCUT2D eigenvalue weighted by Gasteiger charge is 2.72. The molecule has 0 bridgehead atoms. The largest absolute Gasteiger partial charge is 0.394 e. The lowest BCUT2D eigenvalue weighted by Crippen LogP contribution is -2.56. The fraction of sp³-hybridized carbons (Fsp3) is 0.387. The molecule has 2 fully saturated rings. The van der Waals surface area contributed by atoms with E-state index in [2.05, 4.69) is 0 Å². The number of nitrogens with zero attached hydrogens (tertiary/aromatic N) is 3. The van der Waals surface area contributed by atoms with Gasteiger partial charge in [0.25, 0.3) is 5.91 Å². The summed E-state index contributed by atoms with van der Waals surface area (Å²) in [5.41, 5.74) is -0.0458. The van der Waals surface area contributed by atoms with Crippen LogP contribution in [0.2, 0.25) is 5.02 Å². The summed E-state index contributed by atoms with van der Waals surface area (Å²) in [7, 11) is 0. The lowest BCUT2D eigenvalue weighted by atomic mass is 9.77. The second-order valence-corrected chi connectivity index (χ2v) is 11.2. The molecule has 2 aromatic rings. The Morgan fingerprint density at radius 3 is 2.45 bits per heavy atom. The second-order valence-electron chi connectivity index (χ2n) is 10.7. The molecule has 1 unspecified atom stereocenters. The molecule has 4 aliphatic rings. The van der Waals surface area contributed by atoms with Crippen LogP contribution in [-0.4, -0.2) is 76.6 Å². The van der Waals surface area contributed by atoms with Crippen LogP contribution in [0.1, 0.15) is 24.9 Å². The molecule has 3 amide bonds. The molecular weight excluding hydrogens is 530 g/mol. The molecule has 0 aliphatic carbocycles. The third kappa shape index (κ3) is 4.08. The first kappa shape index (κ1) is 26.7. The van der Waals surface area contributed by atoms with Crippen molar-refractivity contribution in [2.45, 2.75) is 37.1 Å². The monoisotopic (exact) mass is 561 g/mol. The van der Waals surface area contributed by atoms with Gasteiger partial charge < -0.3 is 24.5 Å². The van der Waals surface area contributed by atoms with E-state index in [0.29, 0.717) is 29.4 Å². The van der Waals surface area contributed by atoms with Gasteiger partial charge in [-0.3, -0.25) is 14.4 Å². The van der Waals surface area contributed by atoms with Crippen molar-refractivity contribution in [3.8, 4) is 0 Å². The predicted molar refractivity (Wildman–Crippen MR) is 150 cm³/mol. The molecule has 6 atom stereocenters. The maximum atomic E-state index is 14.6. The average Bonchev–Trinajstić information content (AvgIpc) is 3.28. The SMILES string of the molecule is CCCN1CC=C[C@@H]2O[C@]34C=CCN(c5ccc(Cl)cc5)C(=O)C3N([C@H](CO)c3ccccc3)C(=O)[C@@H]4[C@@H]2C1=O. The Morgan fingerprint density at radius 2 is 1.75 bits per heavy atom. The summed E-state index contributed by atoms with van der Waals surface area (Å²) >= 11 is 6.12. The third-order valence-electron chi connectivity index (χ3n) is 8.50. The van der Waals surface area contributed by atoms with Gasteiger partial charge in [-0.25, -0.2) is 0 Å². The van der Waals surface area contributed by atoms with Gasteiger partial charge in [0, 0.05) is 30.3 Å². The molecule has 2 saturated heterocycles. The molecule has 4 heterocycles. The predicted octanol–water partition coefficient (Wildman–Crippen LogP) is 3.37. The Labute approximate surface area is 238 Å². The number of carbonyl (C=O) groups excluding carboxylic acids is 3. The summed E-state index contributed by atoms with van der Waals surface area (Å²) in [4.78, 5) is 47.9. The van der Waals surface area contributed by atoms with Crippen LogP contribution in [-0.2, 0) is 19.1 Å². The molecular formula is C31H32ClN3O5. The number of rotatable bonds is 6. The van der Waals surface area contributed by atoms with Gasteiger partial charge in [0.15, 0.2) is 0 Å². The van der Waals surface area contributed by atoms with Crippen molar-refractivity contribution in [3.05, 3.63) is 89.5 Å². The smallest absolute Gasteiger partial charge is 0.253 e. The highest BCUT2D eigenvalue weighted by Crippen LogP contribution is 2.55. The minimum Gasteiger partial charge on any atom is -0.394 e. The van der Waals surface area contributed by atoms with Gasteiger partial charge in [0.2, 0.25) is 11.8 Å². The van der Waals surface area contributed by atoms with Crippen LogP contribution >= 0.6 is 11.6 Å². The van der Waals surface area contributed by atoms with Crippen LogP contribution in [0.4, 0.5) is 5.69 Å². The number of halogens is 1. The summed E-state index contributed by atoms with van der Waals surface area (Å²) in [6, 6.07) is 14.2. The number of fused-ring (bicyclic) bond motifs is 2. The Hall–Kier alpha value is -3.46. The molecule has 40 heavy (non-hydrogen) atoms. The first-order valence-corrected chi connectivity index (χ1v) is 14.1. The normalized spacial score (nSPS) is 30.2. The Kier molecular flexibility index (Phi) is 7.02. The zero-order valence-electron chi connectivity index (χ0n) is 22.2. The number of aliphatic hydroxyl groups excluding tert-OH is 1. The number of hydrogen-bond acceptors (Lipinski definition) is 5.